The molecule has 3 aromatic rings. The van der Waals surface area contributed by atoms with E-state index in [1.165, 1.54) is 48.5 Å². The highest BCUT2D eigenvalue weighted by Gasteiger charge is 2.22. The molecule has 2 N–H and O–H groups in total. The van der Waals surface area contributed by atoms with Gasteiger partial charge in [-0.2, -0.15) is 16.9 Å². The number of hydrogen-bond donors (Lipinski definition) is 2. The summed E-state index contributed by atoms with van der Waals surface area (Å²) in [5.74, 6) is 0.415. The van der Waals surface area contributed by atoms with Crippen molar-refractivity contribution in [2.45, 2.75) is 11.8 Å². The topological polar surface area (TPSA) is 127 Å². The number of nitrogens with zero attached hydrogens (tertiary/aromatic N) is 2. The van der Waals surface area contributed by atoms with Gasteiger partial charge in [0, 0.05) is 29.2 Å². The summed E-state index contributed by atoms with van der Waals surface area (Å²) < 4.78 is 5.12. The first-order valence-electron chi connectivity index (χ1n) is 9.56. The first kappa shape index (κ1) is 22.8. The summed E-state index contributed by atoms with van der Waals surface area (Å²) in [6.07, 6.45) is 2.83. The van der Waals surface area contributed by atoms with E-state index < -0.39 is 22.8 Å². The molecule has 2 aromatic carbocycles. The molecular formula is C22H20N4O5S. The average molecular weight is 452 g/mol. The maximum atomic E-state index is 12.7. The van der Waals surface area contributed by atoms with Crippen LogP contribution in [0.1, 0.15) is 21.7 Å². The molecule has 0 fully saturated rings. The molecular weight excluding hydrogens is 432 g/mol. The van der Waals surface area contributed by atoms with Crippen molar-refractivity contribution in [3.8, 4) is 0 Å². The molecule has 9 nitrogen and oxygen atoms in total. The van der Waals surface area contributed by atoms with Crippen molar-refractivity contribution in [2.75, 3.05) is 5.75 Å². The van der Waals surface area contributed by atoms with Crippen LogP contribution < -0.4 is 10.7 Å². The molecule has 0 aliphatic rings. The van der Waals surface area contributed by atoms with Crippen LogP contribution in [0.4, 0.5) is 5.69 Å². The van der Waals surface area contributed by atoms with Gasteiger partial charge in [-0.1, -0.05) is 30.3 Å². The smallest absolute Gasteiger partial charge is 0.269 e. The maximum absolute atomic E-state index is 12.7. The lowest BCUT2D eigenvalue weighted by molar-refractivity contribution is -0.384. The van der Waals surface area contributed by atoms with E-state index >= 15 is 0 Å². The van der Waals surface area contributed by atoms with E-state index in [1.807, 2.05) is 30.3 Å². The van der Waals surface area contributed by atoms with Gasteiger partial charge in [0.15, 0.2) is 0 Å². The van der Waals surface area contributed by atoms with Crippen molar-refractivity contribution in [3.05, 3.63) is 100.0 Å². The van der Waals surface area contributed by atoms with Crippen LogP contribution in [-0.4, -0.2) is 34.7 Å². The van der Waals surface area contributed by atoms with E-state index in [9.17, 15) is 19.7 Å². The largest absolute Gasteiger partial charge is 0.463 e. The van der Waals surface area contributed by atoms with Crippen LogP contribution in [-0.2, 0) is 10.5 Å². The highest BCUT2D eigenvalue weighted by Crippen LogP contribution is 2.15. The molecule has 2 amide bonds. The monoisotopic (exact) mass is 452 g/mol. The molecule has 0 unspecified atom stereocenters. The molecule has 32 heavy (non-hydrogen) atoms. The zero-order valence-electron chi connectivity index (χ0n) is 16.8. The molecule has 10 heteroatoms. The molecule has 0 bridgehead atoms. The lowest BCUT2D eigenvalue weighted by atomic mass is 10.2. The number of hydrogen-bond acceptors (Lipinski definition) is 7. The Bertz CT molecular complexity index is 1070. The van der Waals surface area contributed by atoms with Gasteiger partial charge >= 0.3 is 0 Å². The molecule has 0 aliphatic heterocycles. The number of furan rings is 1. The second-order valence-corrected chi connectivity index (χ2v) is 7.61. The Hall–Kier alpha value is -3.92. The highest BCUT2D eigenvalue weighted by molar-refractivity contribution is 7.98. The second-order valence-electron chi connectivity index (χ2n) is 6.58. The van der Waals surface area contributed by atoms with Crippen LogP contribution in [0.2, 0.25) is 0 Å². The predicted molar refractivity (Wildman–Crippen MR) is 121 cm³/mol. The van der Waals surface area contributed by atoms with E-state index in [0.29, 0.717) is 17.3 Å². The Morgan fingerprint density at radius 3 is 2.50 bits per heavy atom. The van der Waals surface area contributed by atoms with Gasteiger partial charge < -0.3 is 9.73 Å². The Kier molecular flexibility index (Phi) is 8.15. The number of amides is 2. The summed E-state index contributed by atoms with van der Waals surface area (Å²) in [5, 5.41) is 17.3. The van der Waals surface area contributed by atoms with Crippen molar-refractivity contribution in [3.63, 3.8) is 0 Å². The fraction of sp³-hybridized carbons (Fsp3) is 0.136. The lowest BCUT2D eigenvalue weighted by Crippen LogP contribution is -2.47. The zero-order valence-corrected chi connectivity index (χ0v) is 17.7. The average Bonchev–Trinajstić information content (AvgIpc) is 3.32. The summed E-state index contributed by atoms with van der Waals surface area (Å²) >= 11 is 1.48. The number of carbonyl (C=O) groups is 2. The van der Waals surface area contributed by atoms with Crippen LogP contribution in [0, 0.1) is 10.1 Å². The molecule has 1 aromatic heterocycles. The van der Waals surface area contributed by atoms with Gasteiger partial charge in [-0.15, -0.1) is 0 Å². The van der Waals surface area contributed by atoms with Crippen LogP contribution >= 0.6 is 11.8 Å². The van der Waals surface area contributed by atoms with Crippen LogP contribution in [0.25, 0.3) is 0 Å². The van der Waals surface area contributed by atoms with Gasteiger partial charge in [0.1, 0.15) is 11.8 Å². The van der Waals surface area contributed by atoms with Gasteiger partial charge in [0.05, 0.1) is 17.4 Å². The predicted octanol–water partition coefficient (Wildman–Crippen LogP) is 3.37. The fourth-order valence-electron chi connectivity index (χ4n) is 2.63. The van der Waals surface area contributed by atoms with Crippen molar-refractivity contribution >= 4 is 35.5 Å². The molecule has 0 radical (unpaired) electrons. The van der Waals surface area contributed by atoms with E-state index in [1.54, 1.807) is 12.1 Å². The summed E-state index contributed by atoms with van der Waals surface area (Å²) in [6.45, 7) is 0. The van der Waals surface area contributed by atoms with Crippen molar-refractivity contribution in [1.82, 2.24) is 10.7 Å². The molecule has 0 spiro atoms. The number of carbonyl (C=O) groups excluding carboxylic acids is 2. The minimum absolute atomic E-state index is 0.124. The molecule has 164 valence electrons. The quantitative estimate of drug-likeness (QED) is 0.276. The molecule has 0 saturated heterocycles. The van der Waals surface area contributed by atoms with Gasteiger partial charge in [0.2, 0.25) is 0 Å². The van der Waals surface area contributed by atoms with Crippen LogP contribution in [0.15, 0.2) is 82.5 Å². The van der Waals surface area contributed by atoms with Gasteiger partial charge in [0.25, 0.3) is 17.5 Å². The number of nitro groups is 1. The van der Waals surface area contributed by atoms with Crippen molar-refractivity contribution < 1.29 is 18.9 Å². The second kappa shape index (κ2) is 11.5. The third-order valence-electron chi connectivity index (χ3n) is 4.27. The van der Waals surface area contributed by atoms with Crippen LogP contribution in [0.5, 0.6) is 0 Å². The van der Waals surface area contributed by atoms with E-state index in [0.717, 1.165) is 5.56 Å². The minimum atomic E-state index is -0.875. The van der Waals surface area contributed by atoms with Gasteiger partial charge in [-0.25, -0.2) is 5.43 Å². The normalized spacial score (nSPS) is 11.8. The first-order chi connectivity index (χ1) is 15.5. The number of hydrazone groups is 1. The van der Waals surface area contributed by atoms with E-state index in [4.69, 9.17) is 4.42 Å². The van der Waals surface area contributed by atoms with E-state index in [2.05, 4.69) is 15.8 Å². The third-order valence-corrected chi connectivity index (χ3v) is 5.37. The Labute approximate surface area is 188 Å². The number of non-ortho nitro benzene ring substituents is 1. The van der Waals surface area contributed by atoms with Crippen LogP contribution in [0.3, 0.4) is 0 Å². The fourth-order valence-corrected chi connectivity index (χ4v) is 3.65. The van der Waals surface area contributed by atoms with Gasteiger partial charge in [-0.05, 0) is 29.8 Å². The lowest BCUT2D eigenvalue weighted by Gasteiger charge is -2.17. The molecule has 1 heterocycles. The summed E-state index contributed by atoms with van der Waals surface area (Å²) in [7, 11) is 0. The minimum Gasteiger partial charge on any atom is -0.463 e. The summed E-state index contributed by atoms with van der Waals surface area (Å²) in [6, 6.07) is 17.4. The number of benzene rings is 2. The highest BCUT2D eigenvalue weighted by atomic mass is 32.2. The van der Waals surface area contributed by atoms with E-state index in [-0.39, 0.29) is 11.3 Å². The molecule has 1 atom stereocenters. The van der Waals surface area contributed by atoms with Crippen molar-refractivity contribution in [1.29, 1.82) is 0 Å². The standard InChI is InChI=1S/C22H20N4O5S/c27-21(17-8-10-18(11-9-17)26(29)30)24-20(15-32-14-16-5-2-1-3-6-16)22(28)25-23-13-19-7-4-12-31-19/h1-13,20H,14-15H2,(H,24,27)(H,25,28)/b23-13-/t20-/m1/s1. The Morgan fingerprint density at radius 1 is 1.09 bits per heavy atom. The maximum Gasteiger partial charge on any atom is 0.269 e. The number of thioether (sulfide) groups is 1. The number of nitro benzene ring substituents is 1. The Balaban J connectivity index is 1.64. The molecule has 3 rings (SSSR count). The van der Waals surface area contributed by atoms with Crippen molar-refractivity contribution in [2.24, 2.45) is 5.10 Å². The molecule has 0 aliphatic carbocycles. The Morgan fingerprint density at radius 2 is 1.84 bits per heavy atom. The van der Waals surface area contributed by atoms with Gasteiger partial charge in [-0.3, -0.25) is 19.7 Å². The SMILES string of the molecule is O=C(N[C@H](CSCc1ccccc1)C(=O)N/N=C\c1ccco1)c1ccc([N+](=O)[O-])cc1. The molecule has 0 saturated carbocycles. The summed E-state index contributed by atoms with van der Waals surface area (Å²) in [4.78, 5) is 35.5. The number of nitrogens with one attached hydrogen (secondary N) is 2. The first-order valence-corrected chi connectivity index (χ1v) is 10.7. The zero-order chi connectivity index (χ0) is 22.8. The third kappa shape index (κ3) is 6.81. The summed E-state index contributed by atoms with van der Waals surface area (Å²) in [5.41, 5.74) is 3.58. The number of rotatable bonds is 10.